The Morgan fingerprint density at radius 3 is 3.08 bits per heavy atom. The minimum Gasteiger partial charge on any atom is -0.399 e. The lowest BCUT2D eigenvalue weighted by atomic mass is 10.1. The maximum Gasteiger partial charge on any atom is 0.106 e. The highest BCUT2D eigenvalue weighted by atomic mass is 16.6. The van der Waals surface area contributed by atoms with E-state index in [9.17, 15) is 0 Å². The number of oxime groups is 1. The lowest BCUT2D eigenvalue weighted by molar-refractivity contribution is 0.215. The molecule has 12 heavy (non-hydrogen) atoms. The summed E-state index contributed by atoms with van der Waals surface area (Å²) in [7, 11) is 1.52. The first-order valence-corrected chi connectivity index (χ1v) is 3.72. The molecule has 0 amide bonds. The van der Waals surface area contributed by atoms with Gasteiger partial charge in [-0.15, -0.1) is 0 Å². The van der Waals surface area contributed by atoms with Gasteiger partial charge in [-0.2, -0.15) is 0 Å². The molecule has 1 rings (SSSR count). The van der Waals surface area contributed by atoms with Crippen LogP contribution in [0.3, 0.4) is 0 Å². The van der Waals surface area contributed by atoms with E-state index in [0.29, 0.717) is 6.54 Å². The molecule has 0 aliphatic carbocycles. The Hall–Kier alpha value is -1.35. The largest absolute Gasteiger partial charge is 0.399 e. The van der Waals surface area contributed by atoms with Crippen molar-refractivity contribution >= 4 is 6.21 Å². The zero-order valence-electron chi connectivity index (χ0n) is 7.03. The Balaban J connectivity index is 2.79. The van der Waals surface area contributed by atoms with Gasteiger partial charge in [0, 0.05) is 6.54 Å². The van der Waals surface area contributed by atoms with Crippen LogP contribution in [0.4, 0.5) is 0 Å². The standard InChI is InChI=1S/C9H12N2O/c1-12-11-7-9-4-2-3-8(5-9)6-10/h2-5,7H,6,10H2,1H3. The molecule has 64 valence electrons. The number of nitrogens with two attached hydrogens (primary N) is 1. The van der Waals surface area contributed by atoms with Gasteiger partial charge in [-0.05, 0) is 17.2 Å². The molecule has 0 aliphatic heterocycles. The topological polar surface area (TPSA) is 47.6 Å². The van der Waals surface area contributed by atoms with E-state index in [2.05, 4.69) is 9.99 Å². The third-order valence-corrected chi connectivity index (χ3v) is 1.49. The van der Waals surface area contributed by atoms with Gasteiger partial charge in [-0.3, -0.25) is 0 Å². The van der Waals surface area contributed by atoms with Crippen LogP contribution in [0.1, 0.15) is 11.1 Å². The van der Waals surface area contributed by atoms with Crippen LogP contribution in [0, 0.1) is 0 Å². The quantitative estimate of drug-likeness (QED) is 0.537. The SMILES string of the molecule is CON=Cc1cccc(CN)c1. The molecular weight excluding hydrogens is 152 g/mol. The highest BCUT2D eigenvalue weighted by molar-refractivity contribution is 5.79. The van der Waals surface area contributed by atoms with E-state index in [1.165, 1.54) is 7.11 Å². The minimum absolute atomic E-state index is 0.550. The van der Waals surface area contributed by atoms with E-state index >= 15 is 0 Å². The van der Waals surface area contributed by atoms with Gasteiger partial charge in [-0.1, -0.05) is 23.4 Å². The molecule has 1 aromatic rings. The molecule has 0 heterocycles. The van der Waals surface area contributed by atoms with Crippen molar-refractivity contribution < 1.29 is 4.84 Å². The third-order valence-electron chi connectivity index (χ3n) is 1.49. The second-order valence-corrected chi connectivity index (χ2v) is 2.37. The van der Waals surface area contributed by atoms with Crippen LogP contribution in [0.5, 0.6) is 0 Å². The maximum absolute atomic E-state index is 5.47. The Morgan fingerprint density at radius 1 is 1.58 bits per heavy atom. The lowest BCUT2D eigenvalue weighted by Crippen LogP contribution is -1.96. The van der Waals surface area contributed by atoms with Crippen LogP contribution in [0.25, 0.3) is 0 Å². The second-order valence-electron chi connectivity index (χ2n) is 2.37. The van der Waals surface area contributed by atoms with Crippen molar-refractivity contribution in [3.63, 3.8) is 0 Å². The van der Waals surface area contributed by atoms with Crippen molar-refractivity contribution in [2.75, 3.05) is 7.11 Å². The molecule has 2 N–H and O–H groups in total. The average Bonchev–Trinajstić information content (AvgIpc) is 2.15. The Morgan fingerprint density at radius 2 is 2.42 bits per heavy atom. The smallest absolute Gasteiger partial charge is 0.106 e. The van der Waals surface area contributed by atoms with Crippen LogP contribution in [-0.2, 0) is 11.4 Å². The van der Waals surface area contributed by atoms with Crippen LogP contribution in [0.2, 0.25) is 0 Å². The highest BCUT2D eigenvalue weighted by Gasteiger charge is 1.90. The van der Waals surface area contributed by atoms with Crippen molar-refractivity contribution in [1.29, 1.82) is 0 Å². The van der Waals surface area contributed by atoms with Gasteiger partial charge in [0.1, 0.15) is 7.11 Å². The fraction of sp³-hybridized carbons (Fsp3) is 0.222. The van der Waals surface area contributed by atoms with E-state index < -0.39 is 0 Å². The number of benzene rings is 1. The lowest BCUT2D eigenvalue weighted by Gasteiger charge is -1.96. The first kappa shape index (κ1) is 8.74. The highest BCUT2D eigenvalue weighted by Crippen LogP contribution is 2.01. The summed E-state index contributed by atoms with van der Waals surface area (Å²) in [6.07, 6.45) is 1.65. The number of rotatable bonds is 3. The Labute approximate surface area is 71.8 Å². The van der Waals surface area contributed by atoms with Gasteiger partial charge >= 0.3 is 0 Å². The molecule has 0 unspecified atom stereocenters. The first-order chi connectivity index (χ1) is 5.86. The van der Waals surface area contributed by atoms with E-state index in [1.54, 1.807) is 6.21 Å². The maximum atomic E-state index is 5.47. The minimum atomic E-state index is 0.550. The fourth-order valence-corrected chi connectivity index (χ4v) is 0.914. The number of hydrogen-bond acceptors (Lipinski definition) is 3. The summed E-state index contributed by atoms with van der Waals surface area (Å²) in [6, 6.07) is 7.84. The van der Waals surface area contributed by atoms with Gasteiger partial charge < -0.3 is 10.6 Å². The average molecular weight is 164 g/mol. The van der Waals surface area contributed by atoms with Crippen LogP contribution in [0.15, 0.2) is 29.4 Å². The van der Waals surface area contributed by atoms with E-state index in [4.69, 9.17) is 5.73 Å². The van der Waals surface area contributed by atoms with Gasteiger partial charge in [0.25, 0.3) is 0 Å². The van der Waals surface area contributed by atoms with Gasteiger partial charge in [0.05, 0.1) is 6.21 Å². The molecule has 0 bridgehead atoms. The molecule has 3 heteroatoms. The monoisotopic (exact) mass is 164 g/mol. The summed E-state index contributed by atoms with van der Waals surface area (Å²) >= 11 is 0. The van der Waals surface area contributed by atoms with Crippen molar-refractivity contribution in [3.05, 3.63) is 35.4 Å². The van der Waals surface area contributed by atoms with E-state index in [0.717, 1.165) is 11.1 Å². The molecule has 0 fully saturated rings. The molecule has 1 aromatic carbocycles. The zero-order valence-corrected chi connectivity index (χ0v) is 7.03. The second kappa shape index (κ2) is 4.51. The van der Waals surface area contributed by atoms with Crippen molar-refractivity contribution in [3.8, 4) is 0 Å². The Bertz CT molecular complexity index is 271. The summed E-state index contributed by atoms with van der Waals surface area (Å²) in [6.45, 7) is 0.550. The van der Waals surface area contributed by atoms with Crippen LogP contribution in [-0.4, -0.2) is 13.3 Å². The molecule has 0 aromatic heterocycles. The fourth-order valence-electron chi connectivity index (χ4n) is 0.914. The summed E-state index contributed by atoms with van der Waals surface area (Å²) < 4.78 is 0. The van der Waals surface area contributed by atoms with Crippen molar-refractivity contribution in [2.24, 2.45) is 10.9 Å². The van der Waals surface area contributed by atoms with Crippen molar-refractivity contribution in [1.82, 2.24) is 0 Å². The van der Waals surface area contributed by atoms with Gasteiger partial charge in [0.15, 0.2) is 0 Å². The Kier molecular flexibility index (Phi) is 3.29. The molecule has 0 spiro atoms. The zero-order chi connectivity index (χ0) is 8.81. The molecule has 0 saturated heterocycles. The van der Waals surface area contributed by atoms with Gasteiger partial charge in [0.2, 0.25) is 0 Å². The molecule has 0 atom stereocenters. The molecule has 0 aliphatic rings. The predicted molar refractivity (Wildman–Crippen MR) is 48.9 cm³/mol. The first-order valence-electron chi connectivity index (χ1n) is 3.72. The molecule has 0 radical (unpaired) electrons. The molecule has 3 nitrogen and oxygen atoms in total. The third kappa shape index (κ3) is 2.36. The van der Waals surface area contributed by atoms with Crippen LogP contribution >= 0.6 is 0 Å². The summed E-state index contributed by atoms with van der Waals surface area (Å²) in [5.74, 6) is 0. The normalized spacial score (nSPS) is 10.5. The molecule has 0 saturated carbocycles. The van der Waals surface area contributed by atoms with Crippen LogP contribution < -0.4 is 5.73 Å². The van der Waals surface area contributed by atoms with E-state index in [1.807, 2.05) is 24.3 Å². The number of hydrogen-bond donors (Lipinski definition) is 1. The molecular formula is C9H12N2O. The number of nitrogens with zero attached hydrogens (tertiary/aromatic N) is 1. The summed E-state index contributed by atoms with van der Waals surface area (Å²) in [4.78, 5) is 4.56. The van der Waals surface area contributed by atoms with Crippen molar-refractivity contribution in [2.45, 2.75) is 6.54 Å². The van der Waals surface area contributed by atoms with Gasteiger partial charge in [-0.25, -0.2) is 0 Å². The van der Waals surface area contributed by atoms with E-state index in [-0.39, 0.29) is 0 Å². The predicted octanol–water partition coefficient (Wildman–Crippen LogP) is 1.13. The summed E-state index contributed by atoms with van der Waals surface area (Å²) in [5, 5.41) is 3.65. The summed E-state index contributed by atoms with van der Waals surface area (Å²) in [5.41, 5.74) is 7.56.